The second-order valence-electron chi connectivity index (χ2n) is 7.00. The van der Waals surface area contributed by atoms with Gasteiger partial charge in [-0.25, -0.2) is 4.79 Å². The Morgan fingerprint density at radius 2 is 1.61 bits per heavy atom. The first-order valence-corrected chi connectivity index (χ1v) is 9.80. The van der Waals surface area contributed by atoms with Gasteiger partial charge < -0.3 is 19.3 Å². The maximum Gasteiger partial charge on any atom is 0.328 e. The van der Waals surface area contributed by atoms with E-state index in [4.69, 9.17) is 14.2 Å². The first-order valence-electron chi connectivity index (χ1n) is 9.80. The highest BCUT2D eigenvalue weighted by molar-refractivity contribution is 6.19. The van der Waals surface area contributed by atoms with Gasteiger partial charge in [0.25, 0.3) is 0 Å². The fourth-order valence-electron chi connectivity index (χ4n) is 3.71. The molecule has 0 spiro atoms. The van der Waals surface area contributed by atoms with Crippen molar-refractivity contribution in [2.75, 3.05) is 20.8 Å². The summed E-state index contributed by atoms with van der Waals surface area (Å²) in [5, 5.41) is 9.66. The quantitative estimate of drug-likeness (QED) is 0.564. The van der Waals surface area contributed by atoms with Crippen LogP contribution in [0.1, 0.15) is 16.7 Å². The van der Waals surface area contributed by atoms with Crippen molar-refractivity contribution in [1.29, 1.82) is 0 Å². The number of fused-ring (bicyclic) bond motifs is 1. The van der Waals surface area contributed by atoms with E-state index in [1.807, 2.05) is 72.8 Å². The summed E-state index contributed by atoms with van der Waals surface area (Å²) in [6.45, 7) is 0.297. The number of aliphatic carboxylic acids is 1. The van der Waals surface area contributed by atoms with Crippen molar-refractivity contribution in [3.8, 4) is 17.2 Å². The predicted molar refractivity (Wildman–Crippen MR) is 120 cm³/mol. The zero-order valence-electron chi connectivity index (χ0n) is 17.3. The summed E-state index contributed by atoms with van der Waals surface area (Å²) < 4.78 is 16.7. The Bertz CT molecular complexity index is 1160. The van der Waals surface area contributed by atoms with Crippen LogP contribution in [0.5, 0.6) is 17.2 Å². The Morgan fingerprint density at radius 3 is 2.26 bits per heavy atom. The highest BCUT2D eigenvalue weighted by atomic mass is 16.5. The maximum absolute atomic E-state index is 11.8. The van der Waals surface area contributed by atoms with E-state index in [0.717, 1.165) is 33.6 Å². The van der Waals surface area contributed by atoms with Crippen LogP contribution in [-0.2, 0) is 4.79 Å². The average molecular weight is 414 g/mol. The lowest BCUT2D eigenvalue weighted by molar-refractivity contribution is -0.131. The van der Waals surface area contributed by atoms with Gasteiger partial charge >= 0.3 is 5.97 Å². The van der Waals surface area contributed by atoms with Crippen LogP contribution in [0.25, 0.3) is 16.7 Å². The first kappa shape index (κ1) is 20.3. The van der Waals surface area contributed by atoms with Gasteiger partial charge in [0.05, 0.1) is 14.2 Å². The topological polar surface area (TPSA) is 65.0 Å². The molecule has 5 nitrogen and oxygen atoms in total. The number of allylic oxidation sites excluding steroid dienone is 2. The molecule has 0 amide bonds. The summed E-state index contributed by atoms with van der Waals surface area (Å²) in [4.78, 5) is 11.8. The summed E-state index contributed by atoms with van der Waals surface area (Å²) >= 11 is 0. The molecule has 1 aliphatic heterocycles. The van der Waals surface area contributed by atoms with Crippen molar-refractivity contribution >= 4 is 22.7 Å². The van der Waals surface area contributed by atoms with Crippen LogP contribution in [0.15, 0.2) is 78.9 Å². The largest absolute Gasteiger partial charge is 0.497 e. The Labute approximate surface area is 180 Å². The van der Waals surface area contributed by atoms with Crippen LogP contribution < -0.4 is 14.2 Å². The van der Waals surface area contributed by atoms with Gasteiger partial charge in [-0.3, -0.25) is 0 Å². The molecule has 3 aromatic rings. The number of hydrogen-bond acceptors (Lipinski definition) is 4. The molecule has 5 heteroatoms. The van der Waals surface area contributed by atoms with E-state index in [1.165, 1.54) is 6.08 Å². The Hall–Kier alpha value is -3.99. The number of methoxy groups -OCH3 is 2. The molecule has 0 atom stereocenters. The standard InChI is InChI=1S/C26H22O5/c1-29-19-10-8-18(9-11-19)23-16-31-24-14-20(30-2)12-13-21(24)26(23)22(15-25(27)28)17-6-4-3-5-7-17/h3-15H,16H2,1-2H3,(H,27,28). The third kappa shape index (κ3) is 4.16. The summed E-state index contributed by atoms with van der Waals surface area (Å²) in [5.74, 6) is 1.06. The van der Waals surface area contributed by atoms with Gasteiger partial charge in [-0.15, -0.1) is 0 Å². The van der Waals surface area contributed by atoms with E-state index in [2.05, 4.69) is 0 Å². The van der Waals surface area contributed by atoms with Crippen LogP contribution in [0.2, 0.25) is 0 Å². The molecule has 4 rings (SSSR count). The highest BCUT2D eigenvalue weighted by Crippen LogP contribution is 2.45. The van der Waals surface area contributed by atoms with Crippen molar-refractivity contribution in [3.63, 3.8) is 0 Å². The molecular formula is C26H22O5. The summed E-state index contributed by atoms with van der Waals surface area (Å²) in [6.07, 6.45) is 1.26. The lowest BCUT2D eigenvalue weighted by atomic mass is 9.84. The third-order valence-electron chi connectivity index (χ3n) is 5.19. The fraction of sp³-hybridized carbons (Fsp3) is 0.115. The van der Waals surface area contributed by atoms with Gasteiger partial charge in [0, 0.05) is 28.9 Å². The zero-order valence-corrected chi connectivity index (χ0v) is 17.3. The minimum absolute atomic E-state index is 0.297. The summed E-state index contributed by atoms with van der Waals surface area (Å²) in [7, 11) is 3.22. The van der Waals surface area contributed by atoms with Crippen LogP contribution in [0.3, 0.4) is 0 Å². The number of hydrogen-bond donors (Lipinski definition) is 1. The Kier molecular flexibility index (Phi) is 5.76. The maximum atomic E-state index is 11.8. The number of carboxylic acid groups (broad SMARTS) is 1. The minimum Gasteiger partial charge on any atom is -0.497 e. The molecule has 156 valence electrons. The van der Waals surface area contributed by atoms with E-state index in [-0.39, 0.29) is 0 Å². The van der Waals surface area contributed by atoms with Crippen LogP contribution in [0, 0.1) is 0 Å². The fourth-order valence-corrected chi connectivity index (χ4v) is 3.71. The number of carbonyl (C=O) groups is 1. The Morgan fingerprint density at radius 1 is 0.935 bits per heavy atom. The smallest absolute Gasteiger partial charge is 0.328 e. The predicted octanol–water partition coefficient (Wildman–Crippen LogP) is 5.18. The number of rotatable bonds is 6. The molecule has 0 saturated heterocycles. The van der Waals surface area contributed by atoms with E-state index >= 15 is 0 Å². The van der Waals surface area contributed by atoms with E-state index < -0.39 is 5.97 Å². The van der Waals surface area contributed by atoms with Gasteiger partial charge in [0.1, 0.15) is 23.9 Å². The summed E-state index contributed by atoms with van der Waals surface area (Å²) in [5.41, 5.74) is 4.90. The number of carboxylic acids is 1. The molecule has 0 aliphatic carbocycles. The average Bonchev–Trinajstić information content (AvgIpc) is 2.82. The van der Waals surface area contributed by atoms with Crippen molar-refractivity contribution in [3.05, 3.63) is 95.6 Å². The number of ether oxygens (including phenoxy) is 3. The van der Waals surface area contributed by atoms with E-state index in [9.17, 15) is 9.90 Å². The molecule has 0 saturated carbocycles. The lowest BCUT2D eigenvalue weighted by Crippen LogP contribution is -2.12. The monoisotopic (exact) mass is 414 g/mol. The van der Waals surface area contributed by atoms with Crippen LogP contribution in [0.4, 0.5) is 0 Å². The molecule has 0 bridgehead atoms. The second-order valence-corrected chi connectivity index (χ2v) is 7.00. The lowest BCUT2D eigenvalue weighted by Gasteiger charge is -2.27. The minimum atomic E-state index is -1.01. The van der Waals surface area contributed by atoms with Gasteiger partial charge in [0.2, 0.25) is 0 Å². The molecular weight excluding hydrogens is 392 g/mol. The molecule has 1 heterocycles. The third-order valence-corrected chi connectivity index (χ3v) is 5.19. The normalized spacial score (nSPS) is 13.3. The zero-order chi connectivity index (χ0) is 21.8. The Balaban J connectivity index is 2.00. The van der Waals surface area contributed by atoms with Crippen molar-refractivity contribution in [2.24, 2.45) is 0 Å². The van der Waals surface area contributed by atoms with Crippen LogP contribution in [-0.4, -0.2) is 31.9 Å². The van der Waals surface area contributed by atoms with Gasteiger partial charge in [-0.05, 0) is 41.0 Å². The molecule has 0 fully saturated rings. The van der Waals surface area contributed by atoms with Gasteiger partial charge in [-0.2, -0.15) is 0 Å². The van der Waals surface area contributed by atoms with E-state index in [1.54, 1.807) is 14.2 Å². The van der Waals surface area contributed by atoms with Gasteiger partial charge in [-0.1, -0.05) is 42.5 Å². The van der Waals surface area contributed by atoms with Crippen molar-refractivity contribution < 1.29 is 24.1 Å². The van der Waals surface area contributed by atoms with Crippen molar-refractivity contribution in [1.82, 2.24) is 0 Å². The molecule has 31 heavy (non-hydrogen) atoms. The first-order chi connectivity index (χ1) is 15.1. The van der Waals surface area contributed by atoms with Crippen LogP contribution >= 0.6 is 0 Å². The molecule has 1 aliphatic rings. The van der Waals surface area contributed by atoms with Crippen molar-refractivity contribution in [2.45, 2.75) is 0 Å². The number of benzene rings is 3. The molecule has 0 aromatic heterocycles. The van der Waals surface area contributed by atoms with E-state index in [0.29, 0.717) is 23.7 Å². The highest BCUT2D eigenvalue weighted by Gasteiger charge is 2.26. The van der Waals surface area contributed by atoms with Gasteiger partial charge in [0.15, 0.2) is 0 Å². The SMILES string of the molecule is COc1ccc(C2=C(C(=CC(=O)O)c3ccccc3)c3ccc(OC)cc3OC2)cc1. The summed E-state index contributed by atoms with van der Waals surface area (Å²) in [6, 6.07) is 22.8. The molecule has 1 N–H and O–H groups in total. The molecule has 3 aromatic carbocycles. The molecule has 0 unspecified atom stereocenters. The second kappa shape index (κ2) is 8.79. The molecule has 0 radical (unpaired) electrons.